The summed E-state index contributed by atoms with van der Waals surface area (Å²) >= 11 is 1.80. The van der Waals surface area contributed by atoms with Gasteiger partial charge in [0, 0.05) is 70.2 Å². The molecule has 12 aromatic rings. The summed E-state index contributed by atoms with van der Waals surface area (Å²) < 4.78 is 11.2. The SMILES string of the molecule is c1ccc(-c2nc(-c3ccccc3)nc(-c3cccc4sc5ccc(-c6ccc7c(c6)c6cc8c(cc6n7-c6ccccc6)oc6ccccc68)cc5c34)n2)cc1. The maximum Gasteiger partial charge on any atom is 0.164 e. The van der Waals surface area contributed by atoms with Crippen LogP contribution in [0.4, 0.5) is 0 Å². The normalized spacial score (nSPS) is 11.9. The summed E-state index contributed by atoms with van der Waals surface area (Å²) in [6.07, 6.45) is 0. The summed E-state index contributed by atoms with van der Waals surface area (Å²) in [5.41, 5.74) is 10.4. The lowest BCUT2D eigenvalue weighted by molar-refractivity contribution is 0.669. The monoisotopic (exact) mass is 746 g/mol. The van der Waals surface area contributed by atoms with Crippen LogP contribution in [0.3, 0.4) is 0 Å². The lowest BCUT2D eigenvalue weighted by atomic mass is 9.99. The standard InChI is InChI=1S/C51H30N4OS/c1-4-13-31(14-5-1)49-52-50(32-15-6-2-7-16-32)54-51(53-49)37-20-12-22-47-48(37)41-28-34(24-26-46(41)57-47)33-23-25-42-38(27-33)39-29-40-36-19-10-11-21-44(36)56-45(40)30-43(39)55(42)35-17-8-3-9-18-35/h1-30H. The second-order valence-electron chi connectivity index (χ2n) is 14.4. The zero-order valence-corrected chi connectivity index (χ0v) is 31.2. The Kier molecular flexibility index (Phi) is 7.03. The van der Waals surface area contributed by atoms with Gasteiger partial charge in [0.1, 0.15) is 11.2 Å². The molecule has 0 aliphatic carbocycles. The van der Waals surface area contributed by atoms with E-state index in [0.29, 0.717) is 17.5 Å². The number of benzene rings is 8. The molecule has 0 fully saturated rings. The Bertz CT molecular complexity index is 3460. The molecule has 0 spiro atoms. The Morgan fingerprint density at radius 3 is 1.77 bits per heavy atom. The maximum atomic E-state index is 6.38. The van der Waals surface area contributed by atoms with Crippen LogP contribution in [0.1, 0.15) is 0 Å². The van der Waals surface area contributed by atoms with Crippen LogP contribution in [-0.2, 0) is 0 Å². The second kappa shape index (κ2) is 12.6. The van der Waals surface area contributed by atoms with E-state index >= 15 is 0 Å². The van der Waals surface area contributed by atoms with Gasteiger partial charge in [0.05, 0.1) is 11.0 Å². The van der Waals surface area contributed by atoms with E-state index in [-0.39, 0.29) is 0 Å². The molecular formula is C51H30N4OS. The highest BCUT2D eigenvalue weighted by molar-refractivity contribution is 7.26. The summed E-state index contributed by atoms with van der Waals surface area (Å²) in [4.78, 5) is 15.2. The molecule has 6 heteroatoms. The quantitative estimate of drug-likeness (QED) is 0.176. The van der Waals surface area contributed by atoms with Crippen LogP contribution in [0.5, 0.6) is 0 Å². The van der Waals surface area contributed by atoms with E-state index in [4.69, 9.17) is 19.4 Å². The minimum Gasteiger partial charge on any atom is -0.456 e. The molecule has 0 unspecified atom stereocenters. The van der Waals surface area contributed by atoms with Crippen molar-refractivity contribution in [2.24, 2.45) is 0 Å². The molecule has 0 bridgehead atoms. The van der Waals surface area contributed by atoms with Gasteiger partial charge < -0.3 is 8.98 Å². The summed E-state index contributed by atoms with van der Waals surface area (Å²) in [6.45, 7) is 0. The first-order chi connectivity index (χ1) is 28.2. The zero-order chi connectivity index (χ0) is 37.5. The molecule has 0 aliphatic heterocycles. The van der Waals surface area contributed by atoms with Crippen LogP contribution in [0, 0.1) is 0 Å². The zero-order valence-electron chi connectivity index (χ0n) is 30.4. The molecule has 266 valence electrons. The smallest absolute Gasteiger partial charge is 0.164 e. The number of para-hydroxylation sites is 2. The summed E-state index contributed by atoms with van der Waals surface area (Å²) in [5, 5.41) is 6.98. The molecule has 4 heterocycles. The first-order valence-corrected chi connectivity index (χ1v) is 19.8. The third kappa shape index (κ3) is 5.12. The van der Waals surface area contributed by atoms with E-state index in [1.54, 1.807) is 11.3 Å². The predicted octanol–water partition coefficient (Wildman–Crippen LogP) is 13.9. The van der Waals surface area contributed by atoms with E-state index in [2.05, 4.69) is 138 Å². The molecule has 0 amide bonds. The Morgan fingerprint density at radius 1 is 0.386 bits per heavy atom. The van der Waals surface area contributed by atoms with Crippen molar-refractivity contribution >= 4 is 75.3 Å². The van der Waals surface area contributed by atoms with Crippen molar-refractivity contribution in [2.75, 3.05) is 0 Å². The number of hydrogen-bond donors (Lipinski definition) is 0. The largest absolute Gasteiger partial charge is 0.456 e. The van der Waals surface area contributed by atoms with E-state index in [0.717, 1.165) is 71.9 Å². The van der Waals surface area contributed by atoms with Crippen LogP contribution < -0.4 is 0 Å². The minimum atomic E-state index is 0.653. The first-order valence-electron chi connectivity index (χ1n) is 19.0. The molecule has 0 N–H and O–H groups in total. The van der Waals surface area contributed by atoms with Gasteiger partial charge in [-0.25, -0.2) is 15.0 Å². The fourth-order valence-electron chi connectivity index (χ4n) is 8.39. The van der Waals surface area contributed by atoms with Crippen LogP contribution in [0.2, 0.25) is 0 Å². The number of hydrogen-bond acceptors (Lipinski definition) is 5. The van der Waals surface area contributed by atoms with Gasteiger partial charge in [-0.15, -0.1) is 11.3 Å². The first kappa shape index (κ1) is 31.9. The van der Waals surface area contributed by atoms with Crippen molar-refractivity contribution in [3.05, 3.63) is 182 Å². The molecule has 4 aromatic heterocycles. The molecule has 12 rings (SSSR count). The van der Waals surface area contributed by atoms with E-state index < -0.39 is 0 Å². The van der Waals surface area contributed by atoms with Crippen LogP contribution in [0.25, 0.3) is 115 Å². The van der Waals surface area contributed by atoms with Crippen molar-refractivity contribution < 1.29 is 4.42 Å². The van der Waals surface area contributed by atoms with Crippen molar-refractivity contribution in [1.82, 2.24) is 19.5 Å². The van der Waals surface area contributed by atoms with Gasteiger partial charge in [-0.3, -0.25) is 0 Å². The van der Waals surface area contributed by atoms with Crippen LogP contribution in [0.15, 0.2) is 186 Å². The summed E-state index contributed by atoms with van der Waals surface area (Å²) in [5.74, 6) is 1.97. The number of furan rings is 1. The predicted molar refractivity (Wildman–Crippen MR) is 236 cm³/mol. The fraction of sp³-hybridized carbons (Fsp3) is 0. The summed E-state index contributed by atoms with van der Waals surface area (Å²) in [7, 11) is 0. The lowest BCUT2D eigenvalue weighted by Crippen LogP contribution is -2.00. The van der Waals surface area contributed by atoms with Crippen LogP contribution >= 0.6 is 11.3 Å². The third-order valence-corrected chi connectivity index (χ3v) is 12.2. The summed E-state index contributed by atoms with van der Waals surface area (Å²) in [6, 6.07) is 63.9. The lowest BCUT2D eigenvalue weighted by Gasteiger charge is -2.10. The molecule has 57 heavy (non-hydrogen) atoms. The molecule has 0 radical (unpaired) electrons. The van der Waals surface area contributed by atoms with Gasteiger partial charge in [-0.05, 0) is 65.7 Å². The van der Waals surface area contributed by atoms with Crippen LogP contribution in [-0.4, -0.2) is 19.5 Å². The van der Waals surface area contributed by atoms with E-state index in [1.165, 1.54) is 25.6 Å². The molecule has 0 saturated carbocycles. The highest BCUT2D eigenvalue weighted by Gasteiger charge is 2.20. The topological polar surface area (TPSA) is 56.7 Å². The Balaban J connectivity index is 1.06. The van der Waals surface area contributed by atoms with Gasteiger partial charge in [0.25, 0.3) is 0 Å². The Hall–Kier alpha value is -7.41. The maximum absolute atomic E-state index is 6.38. The van der Waals surface area contributed by atoms with Gasteiger partial charge in [-0.2, -0.15) is 0 Å². The molecule has 0 atom stereocenters. The molecule has 5 nitrogen and oxygen atoms in total. The number of fused-ring (bicyclic) bond motifs is 9. The Labute approximate surface area is 330 Å². The average Bonchev–Trinajstić information content (AvgIpc) is 3.94. The molecular weight excluding hydrogens is 717 g/mol. The molecule has 8 aromatic carbocycles. The van der Waals surface area contributed by atoms with Gasteiger partial charge in [0.2, 0.25) is 0 Å². The van der Waals surface area contributed by atoms with Gasteiger partial charge in [0.15, 0.2) is 17.5 Å². The minimum absolute atomic E-state index is 0.653. The average molecular weight is 747 g/mol. The highest BCUT2D eigenvalue weighted by Crippen LogP contribution is 2.43. The van der Waals surface area contributed by atoms with Crippen molar-refractivity contribution in [3.63, 3.8) is 0 Å². The van der Waals surface area contributed by atoms with Crippen molar-refractivity contribution in [2.45, 2.75) is 0 Å². The highest BCUT2D eigenvalue weighted by atomic mass is 32.1. The van der Waals surface area contributed by atoms with Crippen molar-refractivity contribution in [3.8, 4) is 51.0 Å². The van der Waals surface area contributed by atoms with Gasteiger partial charge >= 0.3 is 0 Å². The van der Waals surface area contributed by atoms with E-state index in [1.807, 2.05) is 48.5 Å². The van der Waals surface area contributed by atoms with Crippen molar-refractivity contribution in [1.29, 1.82) is 0 Å². The number of nitrogens with zero attached hydrogens (tertiary/aromatic N) is 4. The van der Waals surface area contributed by atoms with Gasteiger partial charge in [-0.1, -0.05) is 121 Å². The number of thiophene rings is 1. The third-order valence-electron chi connectivity index (χ3n) is 11.0. The number of rotatable bonds is 5. The fourth-order valence-corrected chi connectivity index (χ4v) is 9.51. The Morgan fingerprint density at radius 2 is 1.02 bits per heavy atom. The molecule has 0 aliphatic rings. The number of aromatic nitrogens is 4. The second-order valence-corrected chi connectivity index (χ2v) is 15.5. The molecule has 0 saturated heterocycles. The van der Waals surface area contributed by atoms with E-state index in [9.17, 15) is 0 Å².